The van der Waals surface area contributed by atoms with E-state index in [0.717, 1.165) is 28.6 Å². The van der Waals surface area contributed by atoms with Crippen LogP contribution in [0.15, 0.2) is 53.4 Å². The van der Waals surface area contributed by atoms with E-state index in [1.807, 2.05) is 0 Å². The zero-order valence-electron chi connectivity index (χ0n) is 14.2. The van der Waals surface area contributed by atoms with Gasteiger partial charge >= 0.3 is 6.18 Å². The third-order valence-electron chi connectivity index (χ3n) is 4.42. The first-order valence-electron chi connectivity index (χ1n) is 8.03. The maximum Gasteiger partial charge on any atom is 0.416 e. The third kappa shape index (κ3) is 4.35. The van der Waals surface area contributed by atoms with Crippen molar-refractivity contribution in [1.29, 1.82) is 0 Å². The van der Waals surface area contributed by atoms with Gasteiger partial charge < -0.3 is 0 Å². The van der Waals surface area contributed by atoms with Crippen LogP contribution >= 0.6 is 11.6 Å². The van der Waals surface area contributed by atoms with Crippen LogP contribution in [-0.4, -0.2) is 39.5 Å². The Balaban J connectivity index is 1.66. The minimum Gasteiger partial charge on any atom is -0.223 e. The Morgan fingerprint density at radius 1 is 0.929 bits per heavy atom. The summed E-state index contributed by atoms with van der Waals surface area (Å²) in [5.74, 6) is -0.501. The topological polar surface area (TPSA) is 71.5 Å². The van der Waals surface area contributed by atoms with Crippen LogP contribution in [0, 0.1) is 0 Å². The highest BCUT2D eigenvalue weighted by molar-refractivity contribution is 7.92. The Hall–Kier alpha value is -1.62. The second-order valence-electron chi connectivity index (χ2n) is 6.39. The maximum atomic E-state index is 12.6. The normalized spacial score (nSPS) is 16.7. The molecule has 11 heteroatoms. The van der Waals surface area contributed by atoms with Gasteiger partial charge in [0, 0.05) is 18.1 Å². The largest absolute Gasteiger partial charge is 0.416 e. The number of rotatable bonds is 5. The zero-order chi connectivity index (χ0) is 20.7. The van der Waals surface area contributed by atoms with E-state index in [2.05, 4.69) is 0 Å². The second-order valence-corrected chi connectivity index (χ2v) is 11.0. The molecule has 0 bridgehead atoms. The molecule has 152 valence electrons. The Morgan fingerprint density at radius 2 is 1.46 bits per heavy atom. The Bertz CT molecular complexity index is 1060. The lowest BCUT2D eigenvalue weighted by Gasteiger charge is -2.37. The summed E-state index contributed by atoms with van der Waals surface area (Å²) in [6.07, 6.45) is -4.50. The molecule has 0 radical (unpaired) electrons. The highest BCUT2D eigenvalue weighted by Crippen LogP contribution is 2.30. The maximum absolute atomic E-state index is 12.6. The first-order valence-corrected chi connectivity index (χ1v) is 11.6. The van der Waals surface area contributed by atoms with Crippen molar-refractivity contribution in [2.75, 3.05) is 13.1 Å². The standard InChI is InChI=1S/C17H15ClF3NO4S2/c18-14-5-7-15(8-6-14)28(25,26)16-9-22(10-16)27(23,24)11-12-1-3-13(4-2-12)17(19,20)21/h1-8,16H,9-11H2. The van der Waals surface area contributed by atoms with E-state index in [0.29, 0.717) is 5.02 Å². The van der Waals surface area contributed by atoms with Gasteiger partial charge in [0.05, 0.1) is 21.5 Å². The summed E-state index contributed by atoms with van der Waals surface area (Å²) >= 11 is 5.74. The van der Waals surface area contributed by atoms with E-state index < -0.39 is 42.6 Å². The van der Waals surface area contributed by atoms with Gasteiger partial charge in [0.15, 0.2) is 9.84 Å². The van der Waals surface area contributed by atoms with Gasteiger partial charge in [-0.2, -0.15) is 17.5 Å². The zero-order valence-corrected chi connectivity index (χ0v) is 16.6. The molecule has 0 unspecified atom stereocenters. The van der Waals surface area contributed by atoms with Crippen LogP contribution in [0.25, 0.3) is 0 Å². The Morgan fingerprint density at radius 3 is 1.96 bits per heavy atom. The van der Waals surface area contributed by atoms with Gasteiger partial charge in [0.25, 0.3) is 0 Å². The summed E-state index contributed by atoms with van der Waals surface area (Å²) in [5, 5.41) is -0.496. The first-order chi connectivity index (χ1) is 12.9. The number of sulfonamides is 1. The first kappa shape index (κ1) is 21.1. The van der Waals surface area contributed by atoms with Crippen molar-refractivity contribution in [2.45, 2.75) is 22.1 Å². The molecule has 0 aromatic heterocycles. The van der Waals surface area contributed by atoms with Crippen LogP contribution in [-0.2, 0) is 31.8 Å². The summed E-state index contributed by atoms with van der Waals surface area (Å²) in [4.78, 5) is 0.0571. The summed E-state index contributed by atoms with van der Waals surface area (Å²) in [6, 6.07) is 9.42. The van der Waals surface area contributed by atoms with Gasteiger partial charge in [0.2, 0.25) is 10.0 Å². The van der Waals surface area contributed by atoms with Crippen molar-refractivity contribution in [3.8, 4) is 0 Å². The molecule has 0 N–H and O–H groups in total. The summed E-state index contributed by atoms with van der Waals surface area (Å²) in [6.45, 7) is -0.401. The average Bonchev–Trinajstić information content (AvgIpc) is 2.52. The summed E-state index contributed by atoms with van der Waals surface area (Å²) in [5.41, 5.74) is -0.677. The van der Waals surface area contributed by atoms with Gasteiger partial charge in [-0.3, -0.25) is 0 Å². The van der Waals surface area contributed by atoms with Gasteiger partial charge in [-0.25, -0.2) is 16.8 Å². The molecular weight excluding hydrogens is 439 g/mol. The van der Waals surface area contributed by atoms with E-state index in [9.17, 15) is 30.0 Å². The van der Waals surface area contributed by atoms with Crippen LogP contribution in [0.3, 0.4) is 0 Å². The highest BCUT2D eigenvalue weighted by atomic mass is 35.5. The van der Waals surface area contributed by atoms with E-state index in [1.54, 1.807) is 0 Å². The molecule has 28 heavy (non-hydrogen) atoms. The molecule has 0 amide bonds. The van der Waals surface area contributed by atoms with Crippen molar-refractivity contribution < 1.29 is 30.0 Å². The molecular formula is C17H15ClF3NO4S2. The lowest BCUT2D eigenvalue weighted by Crippen LogP contribution is -2.56. The summed E-state index contributed by atoms with van der Waals surface area (Å²) in [7, 11) is -7.54. The fraction of sp³-hybridized carbons (Fsp3) is 0.294. The predicted octanol–water partition coefficient (Wildman–Crippen LogP) is 3.35. The van der Waals surface area contributed by atoms with E-state index in [4.69, 9.17) is 11.6 Å². The minimum atomic E-state index is -4.50. The molecule has 0 aliphatic carbocycles. The van der Waals surface area contributed by atoms with Gasteiger partial charge in [-0.05, 0) is 42.0 Å². The number of sulfone groups is 1. The van der Waals surface area contributed by atoms with Crippen LogP contribution in [0.4, 0.5) is 13.2 Å². The van der Waals surface area contributed by atoms with Crippen molar-refractivity contribution in [3.63, 3.8) is 0 Å². The van der Waals surface area contributed by atoms with Gasteiger partial charge in [0.1, 0.15) is 0 Å². The lowest BCUT2D eigenvalue weighted by molar-refractivity contribution is -0.137. The average molecular weight is 454 g/mol. The van der Waals surface area contributed by atoms with E-state index >= 15 is 0 Å². The highest BCUT2D eigenvalue weighted by Gasteiger charge is 2.43. The number of nitrogens with zero attached hydrogens (tertiary/aromatic N) is 1. The third-order valence-corrected chi connectivity index (χ3v) is 8.56. The smallest absolute Gasteiger partial charge is 0.223 e. The fourth-order valence-electron chi connectivity index (χ4n) is 2.73. The predicted molar refractivity (Wildman–Crippen MR) is 98.1 cm³/mol. The number of alkyl halides is 3. The van der Waals surface area contributed by atoms with Crippen molar-refractivity contribution in [1.82, 2.24) is 4.31 Å². The monoisotopic (exact) mass is 453 g/mol. The van der Waals surface area contributed by atoms with E-state index in [1.165, 1.54) is 24.3 Å². The molecule has 1 saturated heterocycles. The van der Waals surface area contributed by atoms with Crippen LogP contribution in [0.2, 0.25) is 5.02 Å². The quantitative estimate of drug-likeness (QED) is 0.696. The molecule has 0 spiro atoms. The van der Waals surface area contributed by atoms with Crippen molar-refractivity contribution in [3.05, 3.63) is 64.7 Å². The van der Waals surface area contributed by atoms with Gasteiger partial charge in [-0.1, -0.05) is 23.7 Å². The Labute approximate surface area is 165 Å². The van der Waals surface area contributed by atoms with E-state index in [-0.39, 0.29) is 23.5 Å². The number of hydrogen-bond donors (Lipinski definition) is 0. The molecule has 1 heterocycles. The second kappa shape index (κ2) is 7.33. The fourth-order valence-corrected chi connectivity index (χ4v) is 6.31. The molecule has 0 atom stereocenters. The van der Waals surface area contributed by atoms with Crippen LogP contribution in [0.1, 0.15) is 11.1 Å². The van der Waals surface area contributed by atoms with Crippen LogP contribution in [0.5, 0.6) is 0 Å². The Kier molecular flexibility index (Phi) is 5.52. The molecule has 1 aliphatic heterocycles. The SMILES string of the molecule is O=S(=O)(c1ccc(Cl)cc1)C1CN(S(=O)(=O)Cc2ccc(C(F)(F)F)cc2)C1. The van der Waals surface area contributed by atoms with Crippen LogP contribution < -0.4 is 0 Å². The lowest BCUT2D eigenvalue weighted by atomic mass is 10.1. The number of benzene rings is 2. The molecule has 1 fully saturated rings. The molecule has 0 saturated carbocycles. The van der Waals surface area contributed by atoms with Gasteiger partial charge in [-0.15, -0.1) is 0 Å². The van der Waals surface area contributed by atoms with Crippen molar-refractivity contribution >= 4 is 31.5 Å². The molecule has 2 aromatic rings. The molecule has 3 rings (SSSR count). The summed E-state index contributed by atoms with van der Waals surface area (Å²) < 4.78 is 88.6. The minimum absolute atomic E-state index is 0.0571. The number of hydrogen-bond acceptors (Lipinski definition) is 4. The molecule has 5 nitrogen and oxygen atoms in total. The van der Waals surface area contributed by atoms with Crippen molar-refractivity contribution in [2.24, 2.45) is 0 Å². The number of halogens is 4. The molecule has 1 aliphatic rings. The molecule has 2 aromatic carbocycles.